The first-order valence-electron chi connectivity index (χ1n) is 9.97. The Kier molecular flexibility index (Phi) is 7.82. The Morgan fingerprint density at radius 3 is 2.32 bits per heavy atom. The summed E-state index contributed by atoms with van der Waals surface area (Å²) in [5.41, 5.74) is 1.52. The number of urea groups is 1. The highest BCUT2D eigenvalue weighted by atomic mass is 16.5. The first-order chi connectivity index (χ1) is 15.0. The van der Waals surface area contributed by atoms with Crippen LogP contribution in [-0.4, -0.2) is 60.2 Å². The minimum Gasteiger partial charge on any atom is -0.497 e. The Hall–Kier alpha value is -3.14. The number of hydrogen-bond donors (Lipinski definition) is 5. The van der Waals surface area contributed by atoms with E-state index in [1.54, 1.807) is 43.5 Å². The van der Waals surface area contributed by atoms with Gasteiger partial charge in [0.25, 0.3) is 0 Å². The average molecular weight is 429 g/mol. The van der Waals surface area contributed by atoms with E-state index in [1.165, 1.54) is 0 Å². The van der Waals surface area contributed by atoms with Gasteiger partial charge in [-0.05, 0) is 29.8 Å². The van der Waals surface area contributed by atoms with Crippen molar-refractivity contribution in [1.29, 1.82) is 0 Å². The van der Waals surface area contributed by atoms with Crippen molar-refractivity contribution in [2.75, 3.05) is 19.0 Å². The summed E-state index contributed by atoms with van der Waals surface area (Å²) in [6.45, 7) is 0.305. The van der Waals surface area contributed by atoms with Gasteiger partial charge >= 0.3 is 6.03 Å². The quantitative estimate of drug-likeness (QED) is 0.426. The van der Waals surface area contributed by atoms with E-state index in [-0.39, 0.29) is 18.9 Å². The maximum Gasteiger partial charge on any atom is 0.319 e. The molecule has 1 fully saturated rings. The van der Waals surface area contributed by atoms with Crippen molar-refractivity contribution in [3.8, 4) is 5.75 Å². The standard InChI is InChI=1S/C22H27N3O6/c1-30-16-9-7-14(8-10-16)12-23-19(26)11-17-20(27)21(28)18(31-17)13-24-22(29)25-15-5-3-2-4-6-15/h2-10,17-18,20-21,27-28H,11-13H2,1H3,(H,23,26)(H2,24,25,29)/t17-,18-,20+,21-/m1/s1. The van der Waals surface area contributed by atoms with Crippen LogP contribution in [0.1, 0.15) is 12.0 Å². The first-order valence-corrected chi connectivity index (χ1v) is 9.97. The second kappa shape index (κ2) is 10.8. The maximum absolute atomic E-state index is 12.2. The fraction of sp³-hybridized carbons (Fsp3) is 0.364. The van der Waals surface area contributed by atoms with Gasteiger partial charge in [-0.25, -0.2) is 4.79 Å². The van der Waals surface area contributed by atoms with Crippen LogP contribution in [0, 0.1) is 0 Å². The van der Waals surface area contributed by atoms with Crippen LogP contribution in [0.15, 0.2) is 54.6 Å². The van der Waals surface area contributed by atoms with Gasteiger partial charge in [0.2, 0.25) is 5.91 Å². The fourth-order valence-electron chi connectivity index (χ4n) is 3.25. The summed E-state index contributed by atoms with van der Waals surface area (Å²) in [5.74, 6) is 0.408. The largest absolute Gasteiger partial charge is 0.497 e. The van der Waals surface area contributed by atoms with Crippen molar-refractivity contribution in [3.05, 3.63) is 60.2 Å². The molecule has 0 spiro atoms. The number of rotatable bonds is 8. The Labute approximate surface area is 180 Å². The highest BCUT2D eigenvalue weighted by Crippen LogP contribution is 2.23. The maximum atomic E-state index is 12.2. The van der Waals surface area contributed by atoms with Gasteiger partial charge in [0.15, 0.2) is 0 Å². The normalized spacial score (nSPS) is 22.5. The summed E-state index contributed by atoms with van der Waals surface area (Å²) in [6, 6.07) is 15.7. The molecule has 9 heteroatoms. The zero-order valence-electron chi connectivity index (χ0n) is 17.2. The number of anilines is 1. The highest BCUT2D eigenvalue weighted by Gasteiger charge is 2.43. The number of aliphatic hydroxyl groups is 2. The molecule has 5 N–H and O–H groups in total. The number of hydrogen-bond acceptors (Lipinski definition) is 6. The van der Waals surface area contributed by atoms with E-state index in [1.807, 2.05) is 18.2 Å². The van der Waals surface area contributed by atoms with Crippen molar-refractivity contribution in [3.63, 3.8) is 0 Å². The van der Waals surface area contributed by atoms with Crippen LogP contribution in [0.4, 0.5) is 10.5 Å². The lowest BCUT2D eigenvalue weighted by Crippen LogP contribution is -2.41. The van der Waals surface area contributed by atoms with Crippen molar-refractivity contribution >= 4 is 17.6 Å². The molecule has 0 aliphatic carbocycles. The van der Waals surface area contributed by atoms with E-state index >= 15 is 0 Å². The van der Waals surface area contributed by atoms with Crippen molar-refractivity contribution in [2.24, 2.45) is 0 Å². The van der Waals surface area contributed by atoms with E-state index in [0.29, 0.717) is 12.2 Å². The second-order valence-electron chi connectivity index (χ2n) is 7.22. The third-order valence-corrected chi connectivity index (χ3v) is 4.99. The van der Waals surface area contributed by atoms with Crippen LogP contribution in [0.5, 0.6) is 5.75 Å². The van der Waals surface area contributed by atoms with Gasteiger partial charge in [-0.3, -0.25) is 4.79 Å². The molecule has 2 aromatic rings. The number of carbonyl (C=O) groups excluding carboxylic acids is 2. The summed E-state index contributed by atoms with van der Waals surface area (Å²) in [7, 11) is 1.58. The molecule has 0 saturated carbocycles. The molecule has 1 aliphatic rings. The lowest BCUT2D eigenvalue weighted by Gasteiger charge is -2.15. The summed E-state index contributed by atoms with van der Waals surface area (Å²) in [5, 5.41) is 28.4. The number of benzene rings is 2. The Morgan fingerprint density at radius 1 is 0.968 bits per heavy atom. The number of amides is 3. The van der Waals surface area contributed by atoms with Crippen LogP contribution in [0.25, 0.3) is 0 Å². The minimum absolute atomic E-state index is 0.0130. The van der Waals surface area contributed by atoms with Crippen LogP contribution in [0.3, 0.4) is 0 Å². The minimum atomic E-state index is -1.23. The molecular weight excluding hydrogens is 402 g/mol. The molecule has 1 saturated heterocycles. The molecule has 0 unspecified atom stereocenters. The zero-order valence-corrected chi connectivity index (χ0v) is 17.2. The molecule has 0 bridgehead atoms. The van der Waals surface area contributed by atoms with Gasteiger partial charge < -0.3 is 35.6 Å². The Balaban J connectivity index is 1.42. The third kappa shape index (κ3) is 6.42. The third-order valence-electron chi connectivity index (χ3n) is 4.99. The number of ether oxygens (including phenoxy) is 2. The number of carbonyl (C=O) groups is 2. The lowest BCUT2D eigenvalue weighted by molar-refractivity contribution is -0.125. The molecular formula is C22H27N3O6. The van der Waals surface area contributed by atoms with Crippen LogP contribution >= 0.6 is 0 Å². The zero-order chi connectivity index (χ0) is 22.2. The van der Waals surface area contributed by atoms with Gasteiger partial charge in [0.1, 0.15) is 24.1 Å². The van der Waals surface area contributed by atoms with E-state index < -0.39 is 30.4 Å². The number of para-hydroxylation sites is 1. The molecule has 4 atom stereocenters. The van der Waals surface area contributed by atoms with Gasteiger partial charge in [-0.15, -0.1) is 0 Å². The molecule has 9 nitrogen and oxygen atoms in total. The number of nitrogens with one attached hydrogen (secondary N) is 3. The number of methoxy groups -OCH3 is 1. The van der Waals surface area contributed by atoms with Gasteiger partial charge in [0, 0.05) is 18.8 Å². The summed E-state index contributed by atoms with van der Waals surface area (Å²) in [4.78, 5) is 24.2. The van der Waals surface area contributed by atoms with E-state index in [2.05, 4.69) is 16.0 Å². The molecule has 2 aromatic carbocycles. The fourth-order valence-corrected chi connectivity index (χ4v) is 3.25. The summed E-state index contributed by atoms with van der Waals surface area (Å²) in [6.07, 6.45) is -4.24. The lowest BCUT2D eigenvalue weighted by atomic mass is 10.1. The van der Waals surface area contributed by atoms with Crippen LogP contribution in [-0.2, 0) is 16.1 Å². The molecule has 1 heterocycles. The molecule has 166 valence electrons. The smallest absolute Gasteiger partial charge is 0.319 e. The van der Waals surface area contributed by atoms with E-state index in [9.17, 15) is 19.8 Å². The molecule has 3 amide bonds. The first kappa shape index (κ1) is 22.5. The topological polar surface area (TPSA) is 129 Å². The predicted octanol–water partition coefficient (Wildman–Crippen LogP) is 1.01. The summed E-state index contributed by atoms with van der Waals surface area (Å²) >= 11 is 0. The molecule has 31 heavy (non-hydrogen) atoms. The van der Waals surface area contributed by atoms with Crippen LogP contribution < -0.4 is 20.7 Å². The molecule has 3 rings (SSSR count). The Bertz CT molecular complexity index is 861. The average Bonchev–Trinajstić information content (AvgIpc) is 3.05. The van der Waals surface area contributed by atoms with Crippen LogP contribution in [0.2, 0.25) is 0 Å². The SMILES string of the molecule is COc1ccc(CNC(=O)C[C@H]2O[C@H](CNC(=O)Nc3ccccc3)[C@@H](O)[C@H]2O)cc1. The van der Waals surface area contributed by atoms with Crippen molar-refractivity contribution in [2.45, 2.75) is 37.4 Å². The van der Waals surface area contributed by atoms with E-state index in [0.717, 1.165) is 11.3 Å². The molecule has 1 aliphatic heterocycles. The van der Waals surface area contributed by atoms with E-state index in [4.69, 9.17) is 9.47 Å². The molecule has 0 aromatic heterocycles. The monoisotopic (exact) mass is 429 g/mol. The number of aliphatic hydroxyl groups excluding tert-OH is 2. The van der Waals surface area contributed by atoms with Gasteiger partial charge in [-0.2, -0.15) is 0 Å². The van der Waals surface area contributed by atoms with Crippen molar-refractivity contribution < 1.29 is 29.3 Å². The van der Waals surface area contributed by atoms with Gasteiger partial charge in [0.05, 0.1) is 19.6 Å². The molecule has 0 radical (unpaired) electrons. The summed E-state index contributed by atoms with van der Waals surface area (Å²) < 4.78 is 10.7. The Morgan fingerprint density at radius 2 is 1.65 bits per heavy atom. The highest BCUT2D eigenvalue weighted by molar-refractivity contribution is 5.89. The van der Waals surface area contributed by atoms with Crippen molar-refractivity contribution in [1.82, 2.24) is 10.6 Å². The van der Waals surface area contributed by atoms with Gasteiger partial charge in [-0.1, -0.05) is 30.3 Å². The predicted molar refractivity (Wildman–Crippen MR) is 114 cm³/mol. The second-order valence-corrected chi connectivity index (χ2v) is 7.22.